The Kier molecular flexibility index (Phi) is 6.86. The SMILES string of the molecule is CCC(NC(=O)c1cn(CCNC(=O)OCC2c3ccccc3-c3ccccc32)nn1)C(=O)O. The summed E-state index contributed by atoms with van der Waals surface area (Å²) in [6.45, 7) is 2.36. The number of alkyl carbamates (subject to hydrolysis) is 1. The Hall–Kier alpha value is -4.21. The number of fused-ring (bicyclic) bond motifs is 3. The minimum absolute atomic E-state index is 0.000778. The first-order valence-electron chi connectivity index (χ1n) is 11.0. The number of ether oxygens (including phenoxy) is 1. The van der Waals surface area contributed by atoms with Crippen LogP contribution in [0.1, 0.15) is 40.9 Å². The highest BCUT2D eigenvalue weighted by Crippen LogP contribution is 2.44. The Morgan fingerprint density at radius 1 is 1.09 bits per heavy atom. The lowest BCUT2D eigenvalue weighted by Crippen LogP contribution is -2.40. The zero-order chi connectivity index (χ0) is 24.1. The smallest absolute Gasteiger partial charge is 0.407 e. The maximum Gasteiger partial charge on any atom is 0.407 e. The quantitative estimate of drug-likeness (QED) is 0.443. The molecule has 0 saturated carbocycles. The molecule has 1 atom stereocenters. The van der Waals surface area contributed by atoms with E-state index in [4.69, 9.17) is 9.84 Å². The van der Waals surface area contributed by atoms with Gasteiger partial charge in [0.1, 0.15) is 12.6 Å². The number of rotatable bonds is 9. The predicted molar refractivity (Wildman–Crippen MR) is 122 cm³/mol. The van der Waals surface area contributed by atoms with Gasteiger partial charge in [-0.25, -0.2) is 14.3 Å². The number of hydrogen-bond acceptors (Lipinski definition) is 6. The molecule has 3 aromatic rings. The number of amides is 2. The van der Waals surface area contributed by atoms with E-state index in [9.17, 15) is 14.4 Å². The fourth-order valence-corrected chi connectivity index (χ4v) is 4.00. The summed E-state index contributed by atoms with van der Waals surface area (Å²) in [7, 11) is 0. The number of nitrogens with zero attached hydrogens (tertiary/aromatic N) is 3. The third-order valence-corrected chi connectivity index (χ3v) is 5.74. The van der Waals surface area contributed by atoms with E-state index in [1.54, 1.807) is 6.92 Å². The van der Waals surface area contributed by atoms with Crippen molar-refractivity contribution in [3.8, 4) is 11.1 Å². The molecule has 0 radical (unpaired) electrons. The largest absolute Gasteiger partial charge is 0.480 e. The van der Waals surface area contributed by atoms with Gasteiger partial charge in [-0.2, -0.15) is 0 Å². The zero-order valence-corrected chi connectivity index (χ0v) is 18.6. The van der Waals surface area contributed by atoms with Crippen LogP contribution in [0.5, 0.6) is 0 Å². The van der Waals surface area contributed by atoms with E-state index in [1.807, 2.05) is 24.3 Å². The first-order chi connectivity index (χ1) is 16.5. The van der Waals surface area contributed by atoms with Crippen LogP contribution in [0.3, 0.4) is 0 Å². The summed E-state index contributed by atoms with van der Waals surface area (Å²) < 4.78 is 6.87. The number of hydrogen-bond donors (Lipinski definition) is 3. The molecule has 1 heterocycles. The summed E-state index contributed by atoms with van der Waals surface area (Å²) in [5.74, 6) is -1.76. The van der Waals surface area contributed by atoms with E-state index >= 15 is 0 Å². The Balaban J connectivity index is 1.26. The van der Waals surface area contributed by atoms with Gasteiger partial charge in [0, 0.05) is 12.5 Å². The lowest BCUT2D eigenvalue weighted by Gasteiger charge is -2.14. The Morgan fingerprint density at radius 3 is 2.35 bits per heavy atom. The average Bonchev–Trinajstić information content (AvgIpc) is 3.44. The molecule has 2 aromatic carbocycles. The van der Waals surface area contributed by atoms with Gasteiger partial charge in [0.15, 0.2) is 5.69 Å². The molecule has 1 unspecified atom stereocenters. The standard InChI is InChI=1S/C24H25N5O5/c1-2-20(23(31)32)26-22(30)21-13-29(28-27-21)12-11-25-24(33)34-14-19-17-9-5-3-7-15(17)16-8-4-6-10-18(16)19/h3-10,13,19-20H,2,11-12,14H2,1H3,(H,25,33)(H,26,30)(H,31,32). The van der Waals surface area contributed by atoms with Crippen molar-refractivity contribution in [3.63, 3.8) is 0 Å². The number of carbonyl (C=O) groups is 3. The van der Waals surface area contributed by atoms with E-state index < -0.39 is 24.0 Å². The third-order valence-electron chi connectivity index (χ3n) is 5.74. The summed E-state index contributed by atoms with van der Waals surface area (Å²) in [5, 5.41) is 21.7. The van der Waals surface area contributed by atoms with Crippen LogP contribution < -0.4 is 10.6 Å². The molecule has 0 fully saturated rings. The second-order valence-corrected chi connectivity index (χ2v) is 7.89. The van der Waals surface area contributed by atoms with Gasteiger partial charge in [-0.3, -0.25) is 4.79 Å². The van der Waals surface area contributed by atoms with Crippen molar-refractivity contribution in [2.45, 2.75) is 31.8 Å². The van der Waals surface area contributed by atoms with Crippen LogP contribution in [-0.2, 0) is 16.1 Å². The maximum absolute atomic E-state index is 12.2. The molecular formula is C24H25N5O5. The van der Waals surface area contributed by atoms with Crippen molar-refractivity contribution in [3.05, 3.63) is 71.5 Å². The van der Waals surface area contributed by atoms with Gasteiger partial charge in [-0.15, -0.1) is 5.10 Å². The molecule has 10 heteroatoms. The summed E-state index contributed by atoms with van der Waals surface area (Å²) in [6, 6.07) is 15.2. The molecule has 1 aromatic heterocycles. The summed E-state index contributed by atoms with van der Waals surface area (Å²) in [5.41, 5.74) is 4.59. The highest BCUT2D eigenvalue weighted by Gasteiger charge is 2.29. The Labute approximate surface area is 195 Å². The second-order valence-electron chi connectivity index (χ2n) is 7.89. The first-order valence-corrected chi connectivity index (χ1v) is 11.0. The molecule has 0 aliphatic heterocycles. The molecule has 0 spiro atoms. The molecule has 176 valence electrons. The third kappa shape index (κ3) is 4.90. The molecule has 2 amide bonds. The van der Waals surface area contributed by atoms with Crippen molar-refractivity contribution < 1.29 is 24.2 Å². The van der Waals surface area contributed by atoms with Crippen molar-refractivity contribution in [1.29, 1.82) is 0 Å². The van der Waals surface area contributed by atoms with E-state index in [-0.39, 0.29) is 37.7 Å². The molecule has 4 rings (SSSR count). The highest BCUT2D eigenvalue weighted by atomic mass is 16.5. The zero-order valence-electron chi connectivity index (χ0n) is 18.6. The molecule has 0 bridgehead atoms. The number of benzene rings is 2. The highest BCUT2D eigenvalue weighted by molar-refractivity contribution is 5.94. The molecule has 1 aliphatic carbocycles. The van der Waals surface area contributed by atoms with Crippen LogP contribution in [0.4, 0.5) is 4.79 Å². The van der Waals surface area contributed by atoms with Gasteiger partial charge < -0.3 is 20.5 Å². The number of carboxylic acids is 1. The fourth-order valence-electron chi connectivity index (χ4n) is 4.00. The lowest BCUT2D eigenvalue weighted by atomic mass is 9.98. The Bertz CT molecular complexity index is 1160. The summed E-state index contributed by atoms with van der Waals surface area (Å²) in [6.07, 6.45) is 1.09. The summed E-state index contributed by atoms with van der Waals surface area (Å²) >= 11 is 0. The van der Waals surface area contributed by atoms with E-state index in [0.29, 0.717) is 0 Å². The fraction of sp³-hybridized carbons (Fsp3) is 0.292. The molecular weight excluding hydrogens is 438 g/mol. The first kappa shape index (κ1) is 23.0. The minimum Gasteiger partial charge on any atom is -0.480 e. The van der Waals surface area contributed by atoms with E-state index in [2.05, 4.69) is 45.2 Å². The van der Waals surface area contributed by atoms with Crippen LogP contribution in [0.15, 0.2) is 54.7 Å². The van der Waals surface area contributed by atoms with E-state index in [1.165, 1.54) is 10.9 Å². The molecule has 10 nitrogen and oxygen atoms in total. The number of carbonyl (C=O) groups excluding carboxylic acids is 2. The number of carboxylic acid groups (broad SMARTS) is 1. The van der Waals surface area contributed by atoms with Gasteiger partial charge in [-0.05, 0) is 28.7 Å². The van der Waals surface area contributed by atoms with Gasteiger partial charge in [0.05, 0.1) is 12.7 Å². The number of nitrogens with one attached hydrogen (secondary N) is 2. The molecule has 1 aliphatic rings. The van der Waals surface area contributed by atoms with Crippen molar-refractivity contribution in [2.75, 3.05) is 13.2 Å². The lowest BCUT2D eigenvalue weighted by molar-refractivity contribution is -0.139. The van der Waals surface area contributed by atoms with Crippen LogP contribution in [0, 0.1) is 0 Å². The molecule has 0 saturated heterocycles. The number of aliphatic carboxylic acids is 1. The van der Waals surface area contributed by atoms with Crippen LogP contribution in [-0.4, -0.2) is 57.3 Å². The molecule has 3 N–H and O–H groups in total. The van der Waals surface area contributed by atoms with Gasteiger partial charge in [0.2, 0.25) is 0 Å². The normalized spacial score (nSPS) is 13.0. The van der Waals surface area contributed by atoms with E-state index in [0.717, 1.165) is 22.3 Å². The average molecular weight is 463 g/mol. The summed E-state index contributed by atoms with van der Waals surface area (Å²) in [4.78, 5) is 35.4. The predicted octanol–water partition coefficient (Wildman–Crippen LogP) is 2.41. The van der Waals surface area contributed by atoms with Crippen LogP contribution in [0.2, 0.25) is 0 Å². The minimum atomic E-state index is -1.12. The topological polar surface area (TPSA) is 135 Å². The van der Waals surface area contributed by atoms with Crippen molar-refractivity contribution >= 4 is 18.0 Å². The van der Waals surface area contributed by atoms with Gasteiger partial charge >= 0.3 is 12.1 Å². The van der Waals surface area contributed by atoms with Crippen LogP contribution >= 0.6 is 0 Å². The monoisotopic (exact) mass is 463 g/mol. The van der Waals surface area contributed by atoms with Crippen LogP contribution in [0.25, 0.3) is 11.1 Å². The number of aromatic nitrogens is 3. The van der Waals surface area contributed by atoms with Crippen molar-refractivity contribution in [1.82, 2.24) is 25.6 Å². The maximum atomic E-state index is 12.2. The molecule has 34 heavy (non-hydrogen) atoms. The van der Waals surface area contributed by atoms with Gasteiger partial charge in [-0.1, -0.05) is 60.7 Å². The van der Waals surface area contributed by atoms with Gasteiger partial charge in [0.25, 0.3) is 5.91 Å². The van der Waals surface area contributed by atoms with Crippen molar-refractivity contribution in [2.24, 2.45) is 0 Å². The second kappa shape index (κ2) is 10.2. The Morgan fingerprint density at radius 2 is 1.74 bits per heavy atom.